The summed E-state index contributed by atoms with van der Waals surface area (Å²) < 4.78 is 18.5. The van der Waals surface area contributed by atoms with E-state index in [0.717, 1.165) is 11.1 Å². The molecule has 0 saturated heterocycles. The second-order valence-corrected chi connectivity index (χ2v) is 4.46. The quantitative estimate of drug-likeness (QED) is 0.880. The van der Waals surface area contributed by atoms with E-state index in [1.54, 1.807) is 12.1 Å². The molecule has 2 aromatic carbocycles. The van der Waals surface area contributed by atoms with Crippen molar-refractivity contribution in [3.8, 4) is 5.75 Å². The van der Waals surface area contributed by atoms with Gasteiger partial charge in [0.1, 0.15) is 23.8 Å². The predicted molar refractivity (Wildman–Crippen MR) is 65.9 cm³/mol. The SMILES string of the molecule is OC1c2ccccc2CC1Oc1ccc(F)cc1. The minimum atomic E-state index is -0.619. The van der Waals surface area contributed by atoms with Crippen LogP contribution in [0.4, 0.5) is 4.39 Å². The second kappa shape index (κ2) is 4.42. The largest absolute Gasteiger partial charge is 0.487 e. The molecule has 1 aliphatic carbocycles. The number of hydrogen-bond donors (Lipinski definition) is 1. The molecule has 2 aromatic rings. The van der Waals surface area contributed by atoms with Gasteiger partial charge < -0.3 is 9.84 Å². The van der Waals surface area contributed by atoms with Gasteiger partial charge in [0.15, 0.2) is 0 Å². The van der Waals surface area contributed by atoms with Crippen molar-refractivity contribution in [1.82, 2.24) is 0 Å². The third-order valence-electron chi connectivity index (χ3n) is 3.25. The average molecular weight is 244 g/mol. The van der Waals surface area contributed by atoms with Crippen LogP contribution < -0.4 is 4.74 Å². The highest BCUT2D eigenvalue weighted by Gasteiger charge is 2.32. The molecule has 0 radical (unpaired) electrons. The van der Waals surface area contributed by atoms with Gasteiger partial charge in [0.05, 0.1) is 0 Å². The number of ether oxygens (including phenoxy) is 1. The molecular weight excluding hydrogens is 231 g/mol. The Kier molecular flexibility index (Phi) is 2.76. The maximum absolute atomic E-state index is 12.8. The maximum atomic E-state index is 12.8. The van der Waals surface area contributed by atoms with Crippen LogP contribution in [0.5, 0.6) is 5.75 Å². The summed E-state index contributed by atoms with van der Waals surface area (Å²) in [5.41, 5.74) is 2.03. The first-order valence-electron chi connectivity index (χ1n) is 5.92. The van der Waals surface area contributed by atoms with Crippen LogP contribution in [0.2, 0.25) is 0 Å². The van der Waals surface area contributed by atoms with E-state index < -0.39 is 6.10 Å². The molecule has 0 saturated carbocycles. The van der Waals surface area contributed by atoms with E-state index in [0.29, 0.717) is 12.2 Å². The molecule has 0 bridgehead atoms. The number of halogens is 1. The van der Waals surface area contributed by atoms with Crippen LogP contribution in [0.25, 0.3) is 0 Å². The minimum Gasteiger partial charge on any atom is -0.487 e. The number of aliphatic hydroxyl groups excluding tert-OH is 1. The highest BCUT2D eigenvalue weighted by molar-refractivity contribution is 5.36. The Morgan fingerprint density at radius 1 is 1.06 bits per heavy atom. The summed E-state index contributed by atoms with van der Waals surface area (Å²) in [6.45, 7) is 0. The van der Waals surface area contributed by atoms with Gasteiger partial charge in [-0.15, -0.1) is 0 Å². The molecule has 1 N–H and O–H groups in total. The summed E-state index contributed by atoms with van der Waals surface area (Å²) in [5.74, 6) is 0.283. The van der Waals surface area contributed by atoms with Crippen LogP contribution in [0.3, 0.4) is 0 Å². The Morgan fingerprint density at radius 3 is 2.50 bits per heavy atom. The van der Waals surface area contributed by atoms with Gasteiger partial charge in [-0.1, -0.05) is 24.3 Å². The van der Waals surface area contributed by atoms with Gasteiger partial charge in [-0.05, 0) is 35.4 Å². The van der Waals surface area contributed by atoms with Crippen LogP contribution >= 0.6 is 0 Å². The van der Waals surface area contributed by atoms with Crippen LogP contribution in [0, 0.1) is 5.82 Å². The first-order chi connectivity index (χ1) is 8.74. The topological polar surface area (TPSA) is 29.5 Å². The van der Waals surface area contributed by atoms with E-state index in [9.17, 15) is 9.50 Å². The van der Waals surface area contributed by atoms with Crippen LogP contribution in [0.1, 0.15) is 17.2 Å². The molecule has 2 nitrogen and oxygen atoms in total. The number of rotatable bonds is 2. The summed E-state index contributed by atoms with van der Waals surface area (Å²) >= 11 is 0. The fourth-order valence-electron chi connectivity index (χ4n) is 2.33. The lowest BCUT2D eigenvalue weighted by atomic mass is 10.1. The minimum absolute atomic E-state index is 0.294. The van der Waals surface area contributed by atoms with Crippen molar-refractivity contribution < 1.29 is 14.2 Å². The summed E-state index contributed by atoms with van der Waals surface area (Å²) in [7, 11) is 0. The summed E-state index contributed by atoms with van der Waals surface area (Å²) in [6.07, 6.45) is -0.242. The molecule has 0 spiro atoms. The summed E-state index contributed by atoms with van der Waals surface area (Å²) in [6, 6.07) is 13.6. The van der Waals surface area contributed by atoms with Crippen molar-refractivity contribution in [2.45, 2.75) is 18.6 Å². The molecular formula is C15H13FO2. The molecule has 0 aliphatic heterocycles. The number of benzene rings is 2. The zero-order valence-corrected chi connectivity index (χ0v) is 9.71. The van der Waals surface area contributed by atoms with Gasteiger partial charge in [0.2, 0.25) is 0 Å². The fourth-order valence-corrected chi connectivity index (χ4v) is 2.33. The van der Waals surface area contributed by atoms with Crippen molar-refractivity contribution in [2.75, 3.05) is 0 Å². The lowest BCUT2D eigenvalue weighted by molar-refractivity contribution is 0.0493. The van der Waals surface area contributed by atoms with Crippen molar-refractivity contribution in [3.05, 3.63) is 65.5 Å². The van der Waals surface area contributed by atoms with Gasteiger partial charge in [-0.2, -0.15) is 0 Å². The molecule has 0 aromatic heterocycles. The Bertz CT molecular complexity index is 551. The molecule has 2 unspecified atom stereocenters. The molecule has 2 atom stereocenters. The predicted octanol–water partition coefficient (Wildman–Crippen LogP) is 2.86. The molecule has 0 heterocycles. The average Bonchev–Trinajstić information content (AvgIpc) is 2.70. The van der Waals surface area contributed by atoms with Gasteiger partial charge >= 0.3 is 0 Å². The molecule has 0 fully saturated rings. The highest BCUT2D eigenvalue weighted by Crippen LogP contribution is 2.33. The zero-order valence-electron chi connectivity index (χ0n) is 9.71. The van der Waals surface area contributed by atoms with Gasteiger partial charge in [0, 0.05) is 6.42 Å². The standard InChI is InChI=1S/C15H13FO2/c16-11-5-7-12(8-6-11)18-14-9-10-3-1-2-4-13(10)15(14)17/h1-8,14-15,17H,9H2. The van der Waals surface area contributed by atoms with E-state index in [1.807, 2.05) is 24.3 Å². The van der Waals surface area contributed by atoms with Gasteiger partial charge in [-0.25, -0.2) is 4.39 Å². The van der Waals surface area contributed by atoms with E-state index >= 15 is 0 Å². The zero-order chi connectivity index (χ0) is 12.5. The Balaban J connectivity index is 1.78. The smallest absolute Gasteiger partial charge is 0.133 e. The van der Waals surface area contributed by atoms with Crippen molar-refractivity contribution in [2.24, 2.45) is 0 Å². The van der Waals surface area contributed by atoms with E-state index in [2.05, 4.69) is 0 Å². The van der Waals surface area contributed by atoms with E-state index in [-0.39, 0.29) is 11.9 Å². The normalized spacial score (nSPS) is 21.7. The monoisotopic (exact) mass is 244 g/mol. The third kappa shape index (κ3) is 1.97. The molecule has 3 heteroatoms. The van der Waals surface area contributed by atoms with Crippen LogP contribution in [-0.2, 0) is 6.42 Å². The molecule has 92 valence electrons. The van der Waals surface area contributed by atoms with Gasteiger partial charge in [-0.3, -0.25) is 0 Å². The van der Waals surface area contributed by atoms with Crippen molar-refractivity contribution in [1.29, 1.82) is 0 Å². The number of aliphatic hydroxyl groups is 1. The Labute approximate surface area is 105 Å². The van der Waals surface area contributed by atoms with E-state index in [4.69, 9.17) is 4.74 Å². The summed E-state index contributed by atoms with van der Waals surface area (Å²) in [5, 5.41) is 10.2. The van der Waals surface area contributed by atoms with Crippen LogP contribution in [-0.4, -0.2) is 11.2 Å². The van der Waals surface area contributed by atoms with Gasteiger partial charge in [0.25, 0.3) is 0 Å². The van der Waals surface area contributed by atoms with Crippen LogP contribution in [0.15, 0.2) is 48.5 Å². The highest BCUT2D eigenvalue weighted by atomic mass is 19.1. The fraction of sp³-hybridized carbons (Fsp3) is 0.200. The molecule has 0 amide bonds. The number of hydrogen-bond acceptors (Lipinski definition) is 2. The number of fused-ring (bicyclic) bond motifs is 1. The second-order valence-electron chi connectivity index (χ2n) is 4.46. The first kappa shape index (κ1) is 11.2. The molecule has 1 aliphatic rings. The lowest BCUT2D eigenvalue weighted by Gasteiger charge is -2.17. The van der Waals surface area contributed by atoms with Crippen molar-refractivity contribution in [3.63, 3.8) is 0 Å². The first-order valence-corrected chi connectivity index (χ1v) is 5.92. The lowest BCUT2D eigenvalue weighted by Crippen LogP contribution is -2.21. The van der Waals surface area contributed by atoms with E-state index in [1.165, 1.54) is 12.1 Å². The molecule has 3 rings (SSSR count). The molecule has 18 heavy (non-hydrogen) atoms. The summed E-state index contributed by atoms with van der Waals surface area (Å²) in [4.78, 5) is 0. The van der Waals surface area contributed by atoms with Crippen molar-refractivity contribution >= 4 is 0 Å². The maximum Gasteiger partial charge on any atom is 0.133 e. The Morgan fingerprint density at radius 2 is 1.78 bits per heavy atom. The Hall–Kier alpha value is -1.87. The third-order valence-corrected chi connectivity index (χ3v) is 3.25.